The zero-order valence-electron chi connectivity index (χ0n) is 9.36. The van der Waals surface area contributed by atoms with Gasteiger partial charge in [-0.25, -0.2) is 4.98 Å². The Kier molecular flexibility index (Phi) is 3.37. The second-order valence-electron chi connectivity index (χ2n) is 4.36. The molecule has 80 valence electrons. The van der Waals surface area contributed by atoms with Crippen molar-refractivity contribution in [2.75, 3.05) is 0 Å². The highest BCUT2D eigenvalue weighted by Crippen LogP contribution is 2.23. The molecule has 0 bridgehead atoms. The van der Waals surface area contributed by atoms with Crippen LogP contribution in [0.5, 0.6) is 0 Å². The van der Waals surface area contributed by atoms with Gasteiger partial charge in [0.2, 0.25) is 0 Å². The van der Waals surface area contributed by atoms with Crippen molar-refractivity contribution in [3.63, 3.8) is 0 Å². The highest BCUT2D eigenvalue weighted by molar-refractivity contribution is 7.18. The SMILES string of the molecule is CC(C)CCCc1nc2ccccc2s1. The third-order valence-corrected chi connectivity index (χ3v) is 3.61. The summed E-state index contributed by atoms with van der Waals surface area (Å²) in [5, 5.41) is 1.29. The average molecular weight is 219 g/mol. The lowest BCUT2D eigenvalue weighted by Crippen LogP contribution is -1.89. The summed E-state index contributed by atoms with van der Waals surface area (Å²) in [6, 6.07) is 8.38. The van der Waals surface area contributed by atoms with E-state index in [1.165, 1.54) is 22.5 Å². The van der Waals surface area contributed by atoms with Crippen molar-refractivity contribution < 1.29 is 0 Å². The van der Waals surface area contributed by atoms with Crippen LogP contribution in [-0.2, 0) is 6.42 Å². The minimum atomic E-state index is 0.805. The van der Waals surface area contributed by atoms with Crippen LogP contribution < -0.4 is 0 Å². The van der Waals surface area contributed by atoms with E-state index >= 15 is 0 Å². The molecule has 0 atom stereocenters. The molecule has 0 fully saturated rings. The monoisotopic (exact) mass is 219 g/mol. The summed E-state index contributed by atoms with van der Waals surface area (Å²) in [5.74, 6) is 0.805. The van der Waals surface area contributed by atoms with Crippen molar-refractivity contribution in [2.45, 2.75) is 33.1 Å². The number of aromatic nitrogens is 1. The van der Waals surface area contributed by atoms with Crippen LogP contribution in [0.3, 0.4) is 0 Å². The van der Waals surface area contributed by atoms with Gasteiger partial charge in [0.15, 0.2) is 0 Å². The molecule has 0 aliphatic carbocycles. The molecular weight excluding hydrogens is 202 g/mol. The number of benzene rings is 1. The van der Waals surface area contributed by atoms with Gasteiger partial charge in [0, 0.05) is 0 Å². The number of hydrogen-bond acceptors (Lipinski definition) is 2. The van der Waals surface area contributed by atoms with Gasteiger partial charge in [-0.05, 0) is 30.9 Å². The summed E-state index contributed by atoms with van der Waals surface area (Å²) in [7, 11) is 0. The van der Waals surface area contributed by atoms with Crippen molar-refractivity contribution in [3.8, 4) is 0 Å². The number of para-hydroxylation sites is 1. The summed E-state index contributed by atoms with van der Waals surface area (Å²) in [4.78, 5) is 4.63. The van der Waals surface area contributed by atoms with Gasteiger partial charge in [-0.2, -0.15) is 0 Å². The van der Waals surface area contributed by atoms with Crippen molar-refractivity contribution in [1.29, 1.82) is 0 Å². The number of aryl methyl sites for hydroxylation is 1. The van der Waals surface area contributed by atoms with Crippen molar-refractivity contribution >= 4 is 21.6 Å². The van der Waals surface area contributed by atoms with Crippen LogP contribution in [0.15, 0.2) is 24.3 Å². The van der Waals surface area contributed by atoms with Crippen molar-refractivity contribution in [3.05, 3.63) is 29.3 Å². The fraction of sp³-hybridized carbons (Fsp3) is 0.462. The topological polar surface area (TPSA) is 12.9 Å². The molecule has 0 radical (unpaired) electrons. The molecule has 1 heterocycles. The summed E-state index contributed by atoms with van der Waals surface area (Å²) >= 11 is 1.84. The molecule has 0 N–H and O–H groups in total. The van der Waals surface area contributed by atoms with Crippen molar-refractivity contribution in [1.82, 2.24) is 4.98 Å². The van der Waals surface area contributed by atoms with Gasteiger partial charge in [0.25, 0.3) is 0 Å². The predicted molar refractivity (Wildman–Crippen MR) is 67.4 cm³/mol. The highest BCUT2D eigenvalue weighted by Gasteiger charge is 2.03. The van der Waals surface area contributed by atoms with Crippen LogP contribution in [0.4, 0.5) is 0 Å². The van der Waals surface area contributed by atoms with E-state index in [1.807, 2.05) is 11.3 Å². The van der Waals surface area contributed by atoms with E-state index in [0.29, 0.717) is 0 Å². The number of hydrogen-bond donors (Lipinski definition) is 0. The van der Waals surface area contributed by atoms with Gasteiger partial charge < -0.3 is 0 Å². The lowest BCUT2D eigenvalue weighted by atomic mass is 10.1. The van der Waals surface area contributed by atoms with E-state index in [4.69, 9.17) is 0 Å². The van der Waals surface area contributed by atoms with Crippen LogP contribution in [0.25, 0.3) is 10.2 Å². The second kappa shape index (κ2) is 4.75. The first-order chi connectivity index (χ1) is 7.25. The number of thiazole rings is 1. The molecule has 0 aliphatic rings. The molecule has 1 nitrogen and oxygen atoms in total. The van der Waals surface area contributed by atoms with E-state index in [9.17, 15) is 0 Å². The first-order valence-electron chi connectivity index (χ1n) is 5.60. The zero-order valence-corrected chi connectivity index (χ0v) is 10.2. The molecule has 1 aromatic carbocycles. The zero-order chi connectivity index (χ0) is 10.7. The molecular formula is C13H17NS. The van der Waals surface area contributed by atoms with E-state index in [0.717, 1.165) is 17.9 Å². The van der Waals surface area contributed by atoms with Gasteiger partial charge in [-0.1, -0.05) is 32.4 Å². The first-order valence-corrected chi connectivity index (χ1v) is 6.42. The summed E-state index contributed by atoms with van der Waals surface area (Å²) in [6.07, 6.45) is 3.70. The quantitative estimate of drug-likeness (QED) is 0.748. The molecule has 2 rings (SSSR count). The largest absolute Gasteiger partial charge is 0.241 e. The Morgan fingerprint density at radius 2 is 2.07 bits per heavy atom. The fourth-order valence-electron chi connectivity index (χ4n) is 1.69. The maximum atomic E-state index is 4.63. The minimum Gasteiger partial charge on any atom is -0.241 e. The van der Waals surface area contributed by atoms with Crippen LogP contribution >= 0.6 is 11.3 Å². The Morgan fingerprint density at radius 3 is 2.80 bits per heavy atom. The van der Waals surface area contributed by atoms with Crippen LogP contribution in [0.1, 0.15) is 31.7 Å². The Bertz CT molecular complexity index is 398. The molecule has 2 heteroatoms. The summed E-state index contributed by atoms with van der Waals surface area (Å²) < 4.78 is 1.32. The molecule has 0 amide bonds. The average Bonchev–Trinajstić information content (AvgIpc) is 2.59. The fourth-order valence-corrected chi connectivity index (χ4v) is 2.70. The maximum absolute atomic E-state index is 4.63. The summed E-state index contributed by atoms with van der Waals surface area (Å²) in [5.41, 5.74) is 1.15. The van der Waals surface area contributed by atoms with E-state index < -0.39 is 0 Å². The lowest BCUT2D eigenvalue weighted by molar-refractivity contribution is 0.555. The van der Waals surface area contributed by atoms with Gasteiger partial charge in [0.1, 0.15) is 0 Å². The number of fused-ring (bicyclic) bond motifs is 1. The Labute approximate surface area is 95.2 Å². The third kappa shape index (κ3) is 2.78. The van der Waals surface area contributed by atoms with Gasteiger partial charge >= 0.3 is 0 Å². The molecule has 1 aromatic heterocycles. The molecule has 15 heavy (non-hydrogen) atoms. The van der Waals surface area contributed by atoms with Gasteiger partial charge in [0.05, 0.1) is 15.2 Å². The molecule has 0 unspecified atom stereocenters. The standard InChI is InChI=1S/C13H17NS/c1-10(2)6-5-9-13-14-11-7-3-4-8-12(11)15-13/h3-4,7-8,10H,5-6,9H2,1-2H3. The van der Waals surface area contributed by atoms with Crippen LogP contribution in [0, 0.1) is 5.92 Å². The lowest BCUT2D eigenvalue weighted by Gasteiger charge is -2.01. The smallest absolute Gasteiger partial charge is 0.0938 e. The van der Waals surface area contributed by atoms with Crippen molar-refractivity contribution in [2.24, 2.45) is 5.92 Å². The van der Waals surface area contributed by atoms with Crippen LogP contribution in [-0.4, -0.2) is 4.98 Å². The number of rotatable bonds is 4. The molecule has 0 saturated heterocycles. The number of nitrogens with zero attached hydrogens (tertiary/aromatic N) is 1. The normalized spacial score (nSPS) is 11.4. The second-order valence-corrected chi connectivity index (χ2v) is 5.48. The van der Waals surface area contributed by atoms with Crippen LogP contribution in [0.2, 0.25) is 0 Å². The third-order valence-electron chi connectivity index (χ3n) is 2.51. The van der Waals surface area contributed by atoms with E-state index in [1.54, 1.807) is 0 Å². The molecule has 0 aliphatic heterocycles. The first kappa shape index (κ1) is 10.6. The Hall–Kier alpha value is -0.890. The Morgan fingerprint density at radius 1 is 1.27 bits per heavy atom. The van der Waals surface area contributed by atoms with E-state index in [-0.39, 0.29) is 0 Å². The molecule has 0 saturated carbocycles. The minimum absolute atomic E-state index is 0.805. The molecule has 2 aromatic rings. The maximum Gasteiger partial charge on any atom is 0.0938 e. The molecule has 0 spiro atoms. The van der Waals surface area contributed by atoms with Gasteiger partial charge in [-0.15, -0.1) is 11.3 Å². The van der Waals surface area contributed by atoms with E-state index in [2.05, 4.69) is 43.1 Å². The predicted octanol–water partition coefficient (Wildman–Crippen LogP) is 4.28. The highest BCUT2D eigenvalue weighted by atomic mass is 32.1. The van der Waals surface area contributed by atoms with Gasteiger partial charge in [-0.3, -0.25) is 0 Å². The summed E-state index contributed by atoms with van der Waals surface area (Å²) in [6.45, 7) is 4.55. The Balaban J connectivity index is 2.03.